The van der Waals surface area contributed by atoms with Gasteiger partial charge in [-0.15, -0.1) is 0 Å². The summed E-state index contributed by atoms with van der Waals surface area (Å²) >= 11 is 4.66. The highest BCUT2D eigenvalue weighted by atomic mass is 32.1. The van der Waals surface area contributed by atoms with Crippen LogP contribution in [0.4, 0.5) is 8.78 Å². The molecule has 0 aromatic heterocycles. The first-order valence-corrected chi connectivity index (χ1v) is 3.86. The van der Waals surface area contributed by atoms with Gasteiger partial charge in [-0.25, -0.2) is 8.78 Å². The summed E-state index contributed by atoms with van der Waals surface area (Å²) in [6.07, 6.45) is 0. The van der Waals surface area contributed by atoms with Crippen molar-refractivity contribution in [3.05, 3.63) is 0 Å². The Bertz CT molecular complexity index is 205. The molecule has 0 spiro atoms. The topological polar surface area (TPSA) is 29.3 Å². The predicted molar refractivity (Wildman–Crippen MR) is 40.3 cm³/mol. The molecular weight excluding hydrogens is 170 g/mol. The zero-order valence-corrected chi connectivity index (χ0v) is 6.57. The van der Waals surface area contributed by atoms with Crippen molar-refractivity contribution in [3.8, 4) is 0 Å². The van der Waals surface area contributed by atoms with E-state index in [4.69, 9.17) is 5.73 Å². The quantitative estimate of drug-likeness (QED) is 0.545. The van der Waals surface area contributed by atoms with E-state index in [0.29, 0.717) is 13.1 Å². The summed E-state index contributed by atoms with van der Waals surface area (Å²) in [5.74, 6) is -3.39. The zero-order valence-electron chi connectivity index (χ0n) is 5.76. The number of alkyl halides is 2. The molecule has 62 valence electrons. The van der Waals surface area contributed by atoms with Crippen molar-refractivity contribution in [1.29, 1.82) is 0 Å². The van der Waals surface area contributed by atoms with Crippen LogP contribution in [0.15, 0.2) is 0 Å². The van der Waals surface area contributed by atoms with Gasteiger partial charge in [-0.3, -0.25) is 0 Å². The fourth-order valence-electron chi connectivity index (χ4n) is 1.69. The Labute approximate surface area is 68.3 Å². The van der Waals surface area contributed by atoms with Crippen molar-refractivity contribution in [1.82, 2.24) is 4.90 Å². The SMILES string of the molecule is NC(=S)N1CC2C(C1)C2(F)F. The van der Waals surface area contributed by atoms with Gasteiger partial charge in [0.25, 0.3) is 5.92 Å². The van der Waals surface area contributed by atoms with Crippen LogP contribution in [0.3, 0.4) is 0 Å². The van der Waals surface area contributed by atoms with Crippen molar-refractivity contribution < 1.29 is 8.78 Å². The minimum Gasteiger partial charge on any atom is -0.376 e. The molecule has 2 atom stereocenters. The van der Waals surface area contributed by atoms with Gasteiger partial charge in [-0.2, -0.15) is 0 Å². The molecule has 11 heavy (non-hydrogen) atoms. The molecule has 1 saturated heterocycles. The minimum atomic E-state index is -2.43. The molecule has 2 fully saturated rings. The molecule has 0 aromatic rings. The summed E-state index contributed by atoms with van der Waals surface area (Å²) in [4.78, 5) is 1.64. The molecule has 1 aliphatic carbocycles. The molecule has 0 radical (unpaired) electrons. The van der Waals surface area contributed by atoms with Gasteiger partial charge in [0.15, 0.2) is 5.11 Å². The summed E-state index contributed by atoms with van der Waals surface area (Å²) in [5, 5.41) is 0.244. The molecule has 0 amide bonds. The first-order chi connectivity index (χ1) is 5.03. The van der Waals surface area contributed by atoms with Crippen LogP contribution in [-0.2, 0) is 0 Å². The van der Waals surface area contributed by atoms with Crippen LogP contribution in [0.2, 0.25) is 0 Å². The van der Waals surface area contributed by atoms with E-state index < -0.39 is 17.8 Å². The number of thiocarbonyl (C=S) groups is 1. The maximum Gasteiger partial charge on any atom is 0.258 e. The van der Waals surface area contributed by atoms with Gasteiger partial charge in [0.2, 0.25) is 0 Å². The molecule has 2 nitrogen and oxygen atoms in total. The summed E-state index contributed by atoms with van der Waals surface area (Å²) in [6, 6.07) is 0. The van der Waals surface area contributed by atoms with Gasteiger partial charge < -0.3 is 10.6 Å². The average Bonchev–Trinajstić information content (AvgIpc) is 2.28. The smallest absolute Gasteiger partial charge is 0.258 e. The number of hydrogen-bond acceptors (Lipinski definition) is 1. The number of nitrogens with two attached hydrogens (primary N) is 1. The van der Waals surface area contributed by atoms with Crippen LogP contribution in [-0.4, -0.2) is 29.0 Å². The normalized spacial score (nSPS) is 38.5. The second-order valence-electron chi connectivity index (χ2n) is 3.13. The van der Waals surface area contributed by atoms with Crippen LogP contribution in [0.1, 0.15) is 0 Å². The van der Waals surface area contributed by atoms with Crippen LogP contribution in [0, 0.1) is 11.8 Å². The molecule has 2 unspecified atom stereocenters. The van der Waals surface area contributed by atoms with E-state index in [1.807, 2.05) is 0 Å². The molecule has 1 heterocycles. The predicted octanol–water partition coefficient (Wildman–Crippen LogP) is 0.427. The molecule has 2 rings (SSSR count). The summed E-state index contributed by atoms with van der Waals surface area (Å²) in [6.45, 7) is 0.681. The highest BCUT2D eigenvalue weighted by Gasteiger charge is 2.71. The Morgan fingerprint density at radius 3 is 2.27 bits per heavy atom. The van der Waals surface area contributed by atoms with Crippen LogP contribution < -0.4 is 5.73 Å². The fourth-order valence-corrected chi connectivity index (χ4v) is 1.84. The van der Waals surface area contributed by atoms with E-state index in [2.05, 4.69) is 12.2 Å². The average molecular weight is 178 g/mol. The van der Waals surface area contributed by atoms with E-state index >= 15 is 0 Å². The maximum absolute atomic E-state index is 12.6. The van der Waals surface area contributed by atoms with E-state index in [9.17, 15) is 8.78 Å². The number of piperidine rings is 1. The minimum absolute atomic E-state index is 0.244. The van der Waals surface area contributed by atoms with Gasteiger partial charge in [-0.05, 0) is 12.2 Å². The fraction of sp³-hybridized carbons (Fsp3) is 0.833. The van der Waals surface area contributed by atoms with E-state index in [1.165, 1.54) is 0 Å². The Morgan fingerprint density at radius 2 is 1.91 bits per heavy atom. The van der Waals surface area contributed by atoms with Gasteiger partial charge >= 0.3 is 0 Å². The molecule has 1 saturated carbocycles. The Kier molecular flexibility index (Phi) is 1.20. The Balaban J connectivity index is 2.00. The lowest BCUT2D eigenvalue weighted by Crippen LogP contribution is -2.37. The van der Waals surface area contributed by atoms with Gasteiger partial charge in [0.1, 0.15) is 0 Å². The van der Waals surface area contributed by atoms with Gasteiger partial charge in [-0.1, -0.05) is 0 Å². The third-order valence-electron chi connectivity index (χ3n) is 2.51. The first kappa shape index (κ1) is 7.21. The Hall–Kier alpha value is -0.450. The highest BCUT2D eigenvalue weighted by molar-refractivity contribution is 7.80. The van der Waals surface area contributed by atoms with Crippen molar-refractivity contribution in [2.75, 3.05) is 13.1 Å². The van der Waals surface area contributed by atoms with E-state index in [1.54, 1.807) is 4.90 Å². The maximum atomic E-state index is 12.6. The summed E-state index contributed by atoms with van der Waals surface area (Å²) < 4.78 is 25.1. The molecule has 0 aromatic carbocycles. The molecule has 5 heteroatoms. The van der Waals surface area contributed by atoms with Crippen LogP contribution in [0.25, 0.3) is 0 Å². The lowest BCUT2D eigenvalue weighted by Gasteiger charge is -2.18. The molecular formula is C6H8F2N2S. The van der Waals surface area contributed by atoms with Crippen molar-refractivity contribution >= 4 is 17.3 Å². The number of rotatable bonds is 0. The first-order valence-electron chi connectivity index (χ1n) is 3.45. The standard InChI is InChI=1S/C6H8F2N2S/c7-6(8)3-1-10(5(9)11)2-4(3)6/h3-4H,1-2H2,(H2,9,11). The van der Waals surface area contributed by atoms with Crippen LogP contribution in [0.5, 0.6) is 0 Å². The highest BCUT2D eigenvalue weighted by Crippen LogP contribution is 2.59. The number of likely N-dealkylation sites (tertiary alicyclic amines) is 1. The lowest BCUT2D eigenvalue weighted by molar-refractivity contribution is 0.0646. The van der Waals surface area contributed by atoms with E-state index in [0.717, 1.165) is 0 Å². The summed E-state index contributed by atoms with van der Waals surface area (Å²) in [7, 11) is 0. The Morgan fingerprint density at radius 1 is 1.45 bits per heavy atom. The van der Waals surface area contributed by atoms with Gasteiger partial charge in [0, 0.05) is 13.1 Å². The third kappa shape index (κ3) is 0.834. The van der Waals surface area contributed by atoms with Crippen molar-refractivity contribution in [2.24, 2.45) is 17.6 Å². The molecule has 0 bridgehead atoms. The van der Waals surface area contributed by atoms with Crippen molar-refractivity contribution in [2.45, 2.75) is 5.92 Å². The van der Waals surface area contributed by atoms with Crippen molar-refractivity contribution in [3.63, 3.8) is 0 Å². The number of nitrogens with zero attached hydrogens (tertiary/aromatic N) is 1. The van der Waals surface area contributed by atoms with E-state index in [-0.39, 0.29) is 5.11 Å². The lowest BCUT2D eigenvalue weighted by atomic mass is 10.4. The van der Waals surface area contributed by atoms with Crippen LogP contribution >= 0.6 is 12.2 Å². The summed E-state index contributed by atoms with van der Waals surface area (Å²) in [5.41, 5.74) is 5.28. The second kappa shape index (κ2) is 1.83. The second-order valence-corrected chi connectivity index (χ2v) is 3.55. The monoisotopic (exact) mass is 178 g/mol. The number of hydrogen-bond donors (Lipinski definition) is 1. The molecule has 2 N–H and O–H groups in total. The van der Waals surface area contributed by atoms with Gasteiger partial charge in [0.05, 0.1) is 11.8 Å². The third-order valence-corrected chi connectivity index (χ3v) is 2.77. The zero-order chi connectivity index (χ0) is 8.22. The number of fused-ring (bicyclic) bond motifs is 1. The molecule has 2 aliphatic rings. The number of halogens is 2. The largest absolute Gasteiger partial charge is 0.376 e. The molecule has 1 aliphatic heterocycles.